The fourth-order valence-corrected chi connectivity index (χ4v) is 3.95. The number of amides is 1. The highest BCUT2D eigenvalue weighted by atomic mass is 32.2. The molecule has 0 saturated carbocycles. The summed E-state index contributed by atoms with van der Waals surface area (Å²) in [6.07, 6.45) is 6.59. The molecule has 19 heavy (non-hydrogen) atoms. The first-order valence-electron chi connectivity index (χ1n) is 7.50. The van der Waals surface area contributed by atoms with E-state index in [4.69, 9.17) is 5.73 Å². The molecule has 0 aromatic heterocycles. The van der Waals surface area contributed by atoms with Gasteiger partial charge in [0, 0.05) is 34.8 Å². The van der Waals surface area contributed by atoms with E-state index in [0.717, 1.165) is 50.0 Å². The van der Waals surface area contributed by atoms with Gasteiger partial charge >= 0.3 is 0 Å². The molecule has 0 radical (unpaired) electrons. The zero-order valence-electron chi connectivity index (χ0n) is 12.0. The predicted molar refractivity (Wildman–Crippen MR) is 80.3 cm³/mol. The normalized spacial score (nSPS) is 24.9. The van der Waals surface area contributed by atoms with Crippen molar-refractivity contribution in [2.24, 2.45) is 11.7 Å². The van der Waals surface area contributed by atoms with E-state index in [2.05, 4.69) is 12.2 Å². The molecule has 0 spiro atoms. The molecule has 1 rings (SSSR count). The van der Waals surface area contributed by atoms with Crippen LogP contribution in [0.1, 0.15) is 51.9 Å². The molecule has 0 aromatic rings. The van der Waals surface area contributed by atoms with Crippen LogP contribution in [-0.4, -0.2) is 34.2 Å². The highest BCUT2D eigenvalue weighted by molar-refractivity contribution is 7.85. The largest absolute Gasteiger partial charge is 0.353 e. The number of hydrogen-bond acceptors (Lipinski definition) is 3. The third-order valence-electron chi connectivity index (χ3n) is 3.80. The van der Waals surface area contributed by atoms with Crippen LogP contribution >= 0.6 is 0 Å². The number of carbonyl (C=O) groups is 1. The van der Waals surface area contributed by atoms with Gasteiger partial charge < -0.3 is 11.1 Å². The Morgan fingerprint density at radius 1 is 1.32 bits per heavy atom. The molecule has 1 heterocycles. The van der Waals surface area contributed by atoms with Gasteiger partial charge in [0.15, 0.2) is 0 Å². The van der Waals surface area contributed by atoms with Gasteiger partial charge in [-0.1, -0.05) is 19.8 Å². The van der Waals surface area contributed by atoms with Crippen LogP contribution in [0.2, 0.25) is 0 Å². The second kappa shape index (κ2) is 9.48. The maximum absolute atomic E-state index is 11.9. The molecule has 0 aliphatic carbocycles. The average molecular weight is 288 g/mol. The summed E-state index contributed by atoms with van der Waals surface area (Å²) in [7, 11) is -0.657. The topological polar surface area (TPSA) is 72.2 Å². The van der Waals surface area contributed by atoms with Crippen LogP contribution in [0.3, 0.4) is 0 Å². The Bertz CT molecular complexity index is 281. The minimum atomic E-state index is -0.657. The zero-order valence-corrected chi connectivity index (χ0v) is 12.8. The van der Waals surface area contributed by atoms with E-state index in [0.29, 0.717) is 18.9 Å². The van der Waals surface area contributed by atoms with Crippen LogP contribution in [0.5, 0.6) is 0 Å². The van der Waals surface area contributed by atoms with Crippen molar-refractivity contribution in [1.82, 2.24) is 5.32 Å². The van der Waals surface area contributed by atoms with Crippen LogP contribution in [0.25, 0.3) is 0 Å². The number of nitrogens with two attached hydrogens (primary N) is 1. The smallest absolute Gasteiger partial charge is 0.220 e. The Hall–Kier alpha value is -0.420. The van der Waals surface area contributed by atoms with Gasteiger partial charge in [-0.05, 0) is 38.1 Å². The van der Waals surface area contributed by atoms with E-state index in [1.807, 2.05) is 0 Å². The molecule has 4 nitrogen and oxygen atoms in total. The zero-order chi connectivity index (χ0) is 14.1. The van der Waals surface area contributed by atoms with Gasteiger partial charge in [-0.15, -0.1) is 0 Å². The van der Waals surface area contributed by atoms with E-state index in [9.17, 15) is 9.00 Å². The molecular formula is C14H28N2O2S. The van der Waals surface area contributed by atoms with Crippen LogP contribution in [0, 0.1) is 5.92 Å². The monoisotopic (exact) mass is 288 g/mol. The molecule has 1 aliphatic heterocycles. The minimum absolute atomic E-state index is 0.149. The third-order valence-corrected chi connectivity index (χ3v) is 5.19. The first-order valence-corrected chi connectivity index (χ1v) is 8.99. The Morgan fingerprint density at radius 2 is 2.00 bits per heavy atom. The summed E-state index contributed by atoms with van der Waals surface area (Å²) in [4.78, 5) is 11.9. The second-order valence-electron chi connectivity index (χ2n) is 5.46. The lowest BCUT2D eigenvalue weighted by Gasteiger charge is -2.23. The number of carbonyl (C=O) groups excluding carboxylic acids is 1. The van der Waals surface area contributed by atoms with Crippen LogP contribution < -0.4 is 11.1 Å². The summed E-state index contributed by atoms with van der Waals surface area (Å²) < 4.78 is 11.2. The van der Waals surface area contributed by atoms with Gasteiger partial charge in [0.05, 0.1) is 0 Å². The summed E-state index contributed by atoms with van der Waals surface area (Å²) >= 11 is 0. The van der Waals surface area contributed by atoms with Crippen LogP contribution in [0.15, 0.2) is 0 Å². The second-order valence-corrected chi connectivity index (χ2v) is 7.16. The standard InChI is InChI=1S/C14H28N2O2S/c1-2-3-12(6-9-15)4-5-14(17)16-13-7-10-19(18)11-8-13/h12-13H,2-11,15H2,1H3,(H,16,17). The lowest BCUT2D eigenvalue weighted by molar-refractivity contribution is -0.122. The third kappa shape index (κ3) is 7.06. The van der Waals surface area contributed by atoms with Gasteiger partial charge in [0.1, 0.15) is 0 Å². The van der Waals surface area contributed by atoms with E-state index in [1.165, 1.54) is 0 Å². The lowest BCUT2D eigenvalue weighted by Crippen LogP contribution is -2.39. The maximum Gasteiger partial charge on any atom is 0.220 e. The first-order chi connectivity index (χ1) is 9.15. The van der Waals surface area contributed by atoms with Gasteiger partial charge in [0.2, 0.25) is 5.91 Å². The Balaban J connectivity index is 2.20. The van der Waals surface area contributed by atoms with E-state index < -0.39 is 10.8 Å². The molecule has 112 valence electrons. The summed E-state index contributed by atoms with van der Waals surface area (Å²) in [5, 5.41) is 3.07. The van der Waals surface area contributed by atoms with Gasteiger partial charge in [-0.2, -0.15) is 0 Å². The first kappa shape index (κ1) is 16.6. The fourth-order valence-electron chi connectivity index (χ4n) is 2.65. The van der Waals surface area contributed by atoms with Gasteiger partial charge in [0.25, 0.3) is 0 Å². The average Bonchev–Trinajstić information content (AvgIpc) is 2.39. The van der Waals surface area contributed by atoms with Crippen molar-refractivity contribution in [3.05, 3.63) is 0 Å². The van der Waals surface area contributed by atoms with Crippen molar-refractivity contribution >= 4 is 16.7 Å². The molecule has 0 bridgehead atoms. The molecule has 1 atom stereocenters. The molecular weight excluding hydrogens is 260 g/mol. The fraction of sp³-hybridized carbons (Fsp3) is 0.929. The summed E-state index contributed by atoms with van der Waals surface area (Å²) in [5.41, 5.74) is 5.60. The summed E-state index contributed by atoms with van der Waals surface area (Å²) in [6, 6.07) is 0.240. The van der Waals surface area contributed by atoms with E-state index >= 15 is 0 Å². The Morgan fingerprint density at radius 3 is 2.58 bits per heavy atom. The number of hydrogen-bond donors (Lipinski definition) is 2. The van der Waals surface area contributed by atoms with E-state index in [-0.39, 0.29) is 11.9 Å². The molecule has 1 fully saturated rings. The van der Waals surface area contributed by atoms with Crippen LogP contribution in [-0.2, 0) is 15.6 Å². The Labute approximate surface area is 119 Å². The molecule has 1 saturated heterocycles. The number of rotatable bonds is 8. The van der Waals surface area contributed by atoms with Crippen molar-refractivity contribution in [2.45, 2.75) is 57.9 Å². The molecule has 1 aliphatic rings. The van der Waals surface area contributed by atoms with Crippen molar-refractivity contribution in [1.29, 1.82) is 0 Å². The SMILES string of the molecule is CCCC(CCN)CCC(=O)NC1CCS(=O)CC1. The molecule has 5 heteroatoms. The maximum atomic E-state index is 11.9. The molecule has 1 unspecified atom stereocenters. The molecule has 0 aromatic carbocycles. The van der Waals surface area contributed by atoms with Gasteiger partial charge in [-0.3, -0.25) is 9.00 Å². The quantitative estimate of drug-likeness (QED) is 0.712. The van der Waals surface area contributed by atoms with Crippen LogP contribution in [0.4, 0.5) is 0 Å². The highest BCUT2D eigenvalue weighted by Gasteiger charge is 2.19. The molecule has 3 N–H and O–H groups in total. The van der Waals surface area contributed by atoms with Crippen molar-refractivity contribution in [3.8, 4) is 0 Å². The summed E-state index contributed by atoms with van der Waals surface area (Å²) in [5.74, 6) is 2.20. The highest BCUT2D eigenvalue weighted by Crippen LogP contribution is 2.17. The van der Waals surface area contributed by atoms with Crippen molar-refractivity contribution in [3.63, 3.8) is 0 Å². The van der Waals surface area contributed by atoms with Crippen molar-refractivity contribution in [2.75, 3.05) is 18.1 Å². The summed E-state index contributed by atoms with van der Waals surface area (Å²) in [6.45, 7) is 2.88. The lowest BCUT2D eigenvalue weighted by atomic mass is 9.94. The van der Waals surface area contributed by atoms with E-state index in [1.54, 1.807) is 0 Å². The predicted octanol–water partition coefficient (Wildman–Crippen LogP) is 1.56. The van der Waals surface area contributed by atoms with Gasteiger partial charge in [-0.25, -0.2) is 0 Å². The van der Waals surface area contributed by atoms with Crippen molar-refractivity contribution < 1.29 is 9.00 Å². The Kier molecular flexibility index (Phi) is 8.30. The minimum Gasteiger partial charge on any atom is -0.353 e. The molecule has 1 amide bonds. The number of nitrogens with one attached hydrogen (secondary N) is 1.